The summed E-state index contributed by atoms with van der Waals surface area (Å²) < 4.78 is 13.3. The second kappa shape index (κ2) is 3.78. The lowest BCUT2D eigenvalue weighted by Gasteiger charge is -2.01. The van der Waals surface area contributed by atoms with E-state index in [2.05, 4.69) is 10.2 Å². The lowest BCUT2D eigenvalue weighted by atomic mass is 10.3. The van der Waals surface area contributed by atoms with Gasteiger partial charge in [-0.05, 0) is 18.2 Å². The summed E-state index contributed by atoms with van der Waals surface area (Å²) >= 11 is 5.70. The second-order valence-electron chi connectivity index (χ2n) is 2.77. The van der Waals surface area contributed by atoms with Crippen LogP contribution in [0.4, 0.5) is 4.39 Å². The lowest BCUT2D eigenvalue weighted by molar-refractivity contribution is 0.111. The zero-order valence-corrected chi connectivity index (χ0v) is 8.15. The van der Waals surface area contributed by atoms with Gasteiger partial charge in [-0.1, -0.05) is 11.6 Å². The standard InChI is InChI=1S/C9H5ClFN3O/c10-6-1-2-8(11)9(3-6)14-12-4-7(5-15)13-14/h1-5H. The number of benzene rings is 1. The van der Waals surface area contributed by atoms with Gasteiger partial charge in [-0.3, -0.25) is 4.79 Å². The smallest absolute Gasteiger partial charge is 0.171 e. The summed E-state index contributed by atoms with van der Waals surface area (Å²) in [4.78, 5) is 11.4. The molecule has 2 aromatic rings. The molecule has 6 heteroatoms. The molecule has 0 saturated carbocycles. The van der Waals surface area contributed by atoms with Gasteiger partial charge in [0.05, 0.1) is 6.20 Å². The highest BCUT2D eigenvalue weighted by atomic mass is 35.5. The molecule has 1 aromatic heterocycles. The Hall–Kier alpha value is -1.75. The number of aldehydes is 1. The van der Waals surface area contributed by atoms with Crippen LogP contribution < -0.4 is 0 Å². The van der Waals surface area contributed by atoms with Crippen LogP contribution in [0.2, 0.25) is 5.02 Å². The molecule has 0 unspecified atom stereocenters. The fraction of sp³-hybridized carbons (Fsp3) is 0. The lowest BCUT2D eigenvalue weighted by Crippen LogP contribution is -2.02. The van der Waals surface area contributed by atoms with Crippen molar-refractivity contribution in [3.05, 3.63) is 40.9 Å². The summed E-state index contributed by atoms with van der Waals surface area (Å²) in [6, 6.07) is 4.01. The van der Waals surface area contributed by atoms with E-state index in [0.717, 1.165) is 4.80 Å². The van der Waals surface area contributed by atoms with Gasteiger partial charge in [0.1, 0.15) is 11.4 Å². The summed E-state index contributed by atoms with van der Waals surface area (Å²) in [7, 11) is 0. The predicted octanol–water partition coefficient (Wildman–Crippen LogP) is 1.87. The maximum atomic E-state index is 13.3. The van der Waals surface area contributed by atoms with Gasteiger partial charge in [-0.15, -0.1) is 9.90 Å². The maximum Gasteiger partial charge on any atom is 0.171 e. The molecule has 0 aliphatic heterocycles. The fourth-order valence-corrected chi connectivity index (χ4v) is 1.25. The summed E-state index contributed by atoms with van der Waals surface area (Å²) in [6.45, 7) is 0. The Bertz CT molecular complexity index is 512. The Morgan fingerprint density at radius 3 is 2.93 bits per heavy atom. The number of halogens is 2. The summed E-state index contributed by atoms with van der Waals surface area (Å²) in [5, 5.41) is 7.85. The van der Waals surface area contributed by atoms with Crippen molar-refractivity contribution < 1.29 is 9.18 Å². The van der Waals surface area contributed by atoms with Crippen molar-refractivity contribution in [1.82, 2.24) is 15.0 Å². The molecule has 15 heavy (non-hydrogen) atoms. The van der Waals surface area contributed by atoms with Crippen LogP contribution >= 0.6 is 11.6 Å². The maximum absolute atomic E-state index is 13.3. The first-order valence-corrected chi connectivity index (χ1v) is 4.41. The minimum absolute atomic E-state index is 0.107. The molecular weight excluding hydrogens is 221 g/mol. The van der Waals surface area contributed by atoms with E-state index in [1.54, 1.807) is 0 Å². The van der Waals surface area contributed by atoms with Crippen molar-refractivity contribution in [2.45, 2.75) is 0 Å². The Kier molecular flexibility index (Phi) is 2.47. The van der Waals surface area contributed by atoms with Gasteiger partial charge >= 0.3 is 0 Å². The van der Waals surface area contributed by atoms with Gasteiger partial charge in [0.2, 0.25) is 0 Å². The first-order chi connectivity index (χ1) is 7.20. The average molecular weight is 226 g/mol. The molecule has 0 radical (unpaired) electrons. The first kappa shape index (κ1) is 9.79. The summed E-state index contributed by atoms with van der Waals surface area (Å²) in [5.41, 5.74) is 0.241. The zero-order valence-electron chi connectivity index (χ0n) is 7.39. The molecule has 0 N–H and O–H groups in total. The predicted molar refractivity (Wildman–Crippen MR) is 51.7 cm³/mol. The Morgan fingerprint density at radius 2 is 2.27 bits per heavy atom. The normalized spacial score (nSPS) is 10.3. The highest BCUT2D eigenvalue weighted by molar-refractivity contribution is 6.30. The number of hydrogen-bond donors (Lipinski definition) is 0. The van der Waals surface area contributed by atoms with Crippen molar-refractivity contribution >= 4 is 17.9 Å². The van der Waals surface area contributed by atoms with Gasteiger partial charge in [0.15, 0.2) is 12.1 Å². The molecule has 2 rings (SSSR count). The van der Waals surface area contributed by atoms with Crippen LogP contribution in [0.5, 0.6) is 0 Å². The highest BCUT2D eigenvalue weighted by Crippen LogP contribution is 2.17. The zero-order chi connectivity index (χ0) is 10.8. The van der Waals surface area contributed by atoms with E-state index in [4.69, 9.17) is 11.6 Å². The fourth-order valence-electron chi connectivity index (χ4n) is 1.08. The van der Waals surface area contributed by atoms with Gasteiger partial charge in [-0.2, -0.15) is 5.10 Å². The molecule has 0 saturated heterocycles. The van der Waals surface area contributed by atoms with Crippen molar-refractivity contribution in [1.29, 1.82) is 0 Å². The third-order valence-electron chi connectivity index (χ3n) is 1.75. The molecule has 0 aliphatic rings. The largest absolute Gasteiger partial charge is 0.296 e. The third kappa shape index (κ3) is 1.87. The monoisotopic (exact) mass is 225 g/mol. The van der Waals surface area contributed by atoms with E-state index in [1.165, 1.54) is 24.4 Å². The second-order valence-corrected chi connectivity index (χ2v) is 3.21. The van der Waals surface area contributed by atoms with E-state index in [0.29, 0.717) is 11.3 Å². The van der Waals surface area contributed by atoms with E-state index in [1.807, 2.05) is 0 Å². The van der Waals surface area contributed by atoms with Gasteiger partial charge in [0.25, 0.3) is 0 Å². The molecule has 0 aliphatic carbocycles. The molecule has 1 aromatic carbocycles. The number of rotatable bonds is 2. The quantitative estimate of drug-likeness (QED) is 0.733. The van der Waals surface area contributed by atoms with Crippen LogP contribution in [0.1, 0.15) is 10.5 Å². The Balaban J connectivity index is 2.52. The van der Waals surface area contributed by atoms with Crippen LogP contribution in [-0.4, -0.2) is 21.3 Å². The van der Waals surface area contributed by atoms with Gasteiger partial charge in [-0.25, -0.2) is 4.39 Å². The van der Waals surface area contributed by atoms with Crippen molar-refractivity contribution in [2.75, 3.05) is 0 Å². The third-order valence-corrected chi connectivity index (χ3v) is 1.99. The van der Waals surface area contributed by atoms with Crippen molar-refractivity contribution in [2.24, 2.45) is 0 Å². The molecular formula is C9H5ClFN3O. The van der Waals surface area contributed by atoms with Crippen molar-refractivity contribution in [3.8, 4) is 5.69 Å². The van der Waals surface area contributed by atoms with Crippen LogP contribution in [0.25, 0.3) is 5.69 Å². The molecule has 0 bridgehead atoms. The van der Waals surface area contributed by atoms with Crippen LogP contribution in [0.15, 0.2) is 24.4 Å². The number of hydrogen-bond acceptors (Lipinski definition) is 3. The summed E-state index contributed by atoms with van der Waals surface area (Å²) in [6.07, 6.45) is 1.78. The Labute approximate surface area is 89.3 Å². The van der Waals surface area contributed by atoms with E-state index in [9.17, 15) is 9.18 Å². The molecule has 1 heterocycles. The Morgan fingerprint density at radius 1 is 1.47 bits per heavy atom. The van der Waals surface area contributed by atoms with Crippen molar-refractivity contribution in [3.63, 3.8) is 0 Å². The minimum Gasteiger partial charge on any atom is -0.296 e. The topological polar surface area (TPSA) is 47.8 Å². The molecule has 0 fully saturated rings. The molecule has 76 valence electrons. The number of nitrogens with zero attached hydrogens (tertiary/aromatic N) is 3. The number of carbonyl (C=O) groups is 1. The van der Waals surface area contributed by atoms with Gasteiger partial charge in [0, 0.05) is 5.02 Å². The molecule has 0 amide bonds. The van der Waals surface area contributed by atoms with Gasteiger partial charge < -0.3 is 0 Å². The van der Waals surface area contributed by atoms with Crippen LogP contribution in [0, 0.1) is 5.82 Å². The van der Waals surface area contributed by atoms with E-state index in [-0.39, 0.29) is 11.4 Å². The van der Waals surface area contributed by atoms with Crippen LogP contribution in [0.3, 0.4) is 0 Å². The minimum atomic E-state index is -0.507. The number of carbonyl (C=O) groups excluding carboxylic acids is 1. The molecule has 4 nitrogen and oxygen atoms in total. The molecule has 0 atom stereocenters. The van der Waals surface area contributed by atoms with E-state index >= 15 is 0 Å². The SMILES string of the molecule is O=Cc1cnn(-c2cc(Cl)ccc2F)n1. The first-order valence-electron chi connectivity index (χ1n) is 4.03. The molecule has 0 spiro atoms. The number of aromatic nitrogens is 3. The average Bonchev–Trinajstić information content (AvgIpc) is 2.70. The van der Waals surface area contributed by atoms with Crippen LogP contribution in [-0.2, 0) is 0 Å². The highest BCUT2D eigenvalue weighted by Gasteiger charge is 2.08. The summed E-state index contributed by atoms with van der Waals surface area (Å²) in [5.74, 6) is -0.507. The van der Waals surface area contributed by atoms with E-state index < -0.39 is 5.82 Å².